The molecule has 0 aromatic heterocycles. The van der Waals surface area contributed by atoms with E-state index in [1.54, 1.807) is 13.2 Å². The molecule has 0 amide bonds. The van der Waals surface area contributed by atoms with Crippen molar-refractivity contribution < 1.29 is 9.13 Å². The van der Waals surface area contributed by atoms with E-state index in [9.17, 15) is 4.39 Å². The molecule has 0 spiro atoms. The summed E-state index contributed by atoms with van der Waals surface area (Å²) >= 11 is 0. The zero-order chi connectivity index (χ0) is 13.2. The standard InChI is InChI=1S/C14H21FN2O/c1-14(10-16,6-8-18-2)17-7-5-11-3-4-12(15)9-13(11)17/h3-4,9H,5-8,10,16H2,1-2H3. The van der Waals surface area contributed by atoms with Crippen molar-refractivity contribution in [2.24, 2.45) is 5.73 Å². The predicted octanol–water partition coefficient (Wildman–Crippen LogP) is 1.94. The van der Waals surface area contributed by atoms with Crippen LogP contribution in [0.5, 0.6) is 0 Å². The van der Waals surface area contributed by atoms with Gasteiger partial charge in [0, 0.05) is 32.5 Å². The minimum atomic E-state index is -0.188. The molecular formula is C14H21FN2O. The van der Waals surface area contributed by atoms with Crippen molar-refractivity contribution in [3.63, 3.8) is 0 Å². The highest BCUT2D eigenvalue weighted by Crippen LogP contribution is 2.35. The van der Waals surface area contributed by atoms with Crippen molar-refractivity contribution >= 4 is 5.69 Å². The highest BCUT2D eigenvalue weighted by atomic mass is 19.1. The van der Waals surface area contributed by atoms with Crippen LogP contribution in [-0.2, 0) is 11.2 Å². The van der Waals surface area contributed by atoms with Crippen LogP contribution >= 0.6 is 0 Å². The molecule has 2 rings (SSSR count). The lowest BCUT2D eigenvalue weighted by Gasteiger charge is -2.40. The molecule has 0 saturated carbocycles. The number of ether oxygens (including phenoxy) is 1. The summed E-state index contributed by atoms with van der Waals surface area (Å²) in [6.45, 7) is 4.21. The Labute approximate surface area is 108 Å². The van der Waals surface area contributed by atoms with Gasteiger partial charge in [-0.3, -0.25) is 0 Å². The molecular weight excluding hydrogens is 231 g/mol. The molecule has 2 N–H and O–H groups in total. The van der Waals surface area contributed by atoms with Gasteiger partial charge in [-0.25, -0.2) is 4.39 Å². The van der Waals surface area contributed by atoms with E-state index in [0.29, 0.717) is 13.2 Å². The molecule has 0 fully saturated rings. The van der Waals surface area contributed by atoms with E-state index in [1.165, 1.54) is 11.6 Å². The Morgan fingerprint density at radius 3 is 2.94 bits per heavy atom. The van der Waals surface area contributed by atoms with Crippen molar-refractivity contribution in [1.29, 1.82) is 0 Å². The molecule has 18 heavy (non-hydrogen) atoms. The van der Waals surface area contributed by atoms with Gasteiger partial charge in [-0.15, -0.1) is 0 Å². The number of hydrogen-bond donors (Lipinski definition) is 1. The number of fused-ring (bicyclic) bond motifs is 1. The van der Waals surface area contributed by atoms with Gasteiger partial charge in [0.15, 0.2) is 0 Å². The van der Waals surface area contributed by atoms with Crippen LogP contribution < -0.4 is 10.6 Å². The van der Waals surface area contributed by atoms with Crippen LogP contribution in [0.3, 0.4) is 0 Å². The molecule has 0 bridgehead atoms. The first-order chi connectivity index (χ1) is 8.60. The number of nitrogens with two attached hydrogens (primary N) is 1. The first kappa shape index (κ1) is 13.3. The lowest BCUT2D eigenvalue weighted by molar-refractivity contribution is 0.171. The molecule has 4 heteroatoms. The molecule has 1 heterocycles. The molecule has 1 aromatic rings. The maximum absolute atomic E-state index is 13.4. The van der Waals surface area contributed by atoms with Crippen molar-refractivity contribution in [1.82, 2.24) is 0 Å². The second kappa shape index (κ2) is 5.24. The topological polar surface area (TPSA) is 38.5 Å². The summed E-state index contributed by atoms with van der Waals surface area (Å²) in [6, 6.07) is 5.01. The summed E-state index contributed by atoms with van der Waals surface area (Å²) < 4.78 is 18.6. The zero-order valence-electron chi connectivity index (χ0n) is 11.1. The Kier molecular flexibility index (Phi) is 3.88. The van der Waals surface area contributed by atoms with E-state index in [0.717, 1.165) is 25.1 Å². The fraction of sp³-hybridized carbons (Fsp3) is 0.571. The van der Waals surface area contributed by atoms with Gasteiger partial charge in [0.1, 0.15) is 5.82 Å². The van der Waals surface area contributed by atoms with Gasteiger partial charge in [-0.05, 0) is 37.5 Å². The third-order valence-electron chi connectivity index (χ3n) is 3.88. The molecule has 1 aliphatic heterocycles. The molecule has 0 saturated heterocycles. The summed E-state index contributed by atoms with van der Waals surface area (Å²) in [6.07, 6.45) is 1.80. The predicted molar refractivity (Wildman–Crippen MR) is 71.4 cm³/mol. The van der Waals surface area contributed by atoms with Crippen LogP contribution in [0.25, 0.3) is 0 Å². The lowest BCUT2D eigenvalue weighted by atomic mass is 9.95. The van der Waals surface area contributed by atoms with Crippen molar-refractivity contribution in [2.75, 3.05) is 31.7 Å². The number of benzene rings is 1. The Morgan fingerprint density at radius 2 is 2.28 bits per heavy atom. The third kappa shape index (κ3) is 2.35. The molecule has 1 aliphatic rings. The number of anilines is 1. The minimum Gasteiger partial charge on any atom is -0.385 e. The van der Waals surface area contributed by atoms with Crippen molar-refractivity contribution in [3.05, 3.63) is 29.6 Å². The largest absolute Gasteiger partial charge is 0.385 e. The SMILES string of the molecule is COCCC(C)(CN)N1CCc2ccc(F)cc21. The van der Waals surface area contributed by atoms with E-state index in [4.69, 9.17) is 10.5 Å². The van der Waals surface area contributed by atoms with Crippen LogP contribution in [0.2, 0.25) is 0 Å². The summed E-state index contributed by atoms with van der Waals surface area (Å²) in [5, 5.41) is 0. The van der Waals surface area contributed by atoms with E-state index in [1.807, 2.05) is 6.07 Å². The van der Waals surface area contributed by atoms with Crippen LogP contribution in [0, 0.1) is 5.82 Å². The van der Waals surface area contributed by atoms with Gasteiger partial charge in [0.05, 0.1) is 5.54 Å². The smallest absolute Gasteiger partial charge is 0.125 e. The Morgan fingerprint density at radius 1 is 1.50 bits per heavy atom. The van der Waals surface area contributed by atoms with E-state index in [2.05, 4.69) is 11.8 Å². The lowest BCUT2D eigenvalue weighted by Crippen LogP contribution is -2.52. The first-order valence-corrected chi connectivity index (χ1v) is 6.36. The monoisotopic (exact) mass is 252 g/mol. The summed E-state index contributed by atoms with van der Waals surface area (Å²) in [7, 11) is 1.69. The highest BCUT2D eigenvalue weighted by Gasteiger charge is 2.34. The Hall–Kier alpha value is -1.13. The average Bonchev–Trinajstić information content (AvgIpc) is 2.79. The van der Waals surface area contributed by atoms with Gasteiger partial charge in [0.2, 0.25) is 0 Å². The van der Waals surface area contributed by atoms with E-state index < -0.39 is 0 Å². The van der Waals surface area contributed by atoms with Crippen LogP contribution in [-0.4, -0.2) is 32.3 Å². The zero-order valence-corrected chi connectivity index (χ0v) is 11.1. The number of nitrogens with zero attached hydrogens (tertiary/aromatic N) is 1. The van der Waals surface area contributed by atoms with Gasteiger partial charge in [-0.2, -0.15) is 0 Å². The van der Waals surface area contributed by atoms with E-state index >= 15 is 0 Å². The number of halogens is 1. The molecule has 3 nitrogen and oxygen atoms in total. The Balaban J connectivity index is 2.27. The van der Waals surface area contributed by atoms with E-state index in [-0.39, 0.29) is 11.4 Å². The Bertz CT molecular complexity index is 424. The van der Waals surface area contributed by atoms with Crippen LogP contribution in [0.4, 0.5) is 10.1 Å². The molecule has 100 valence electrons. The first-order valence-electron chi connectivity index (χ1n) is 6.36. The van der Waals surface area contributed by atoms with Gasteiger partial charge < -0.3 is 15.4 Å². The normalized spacial score (nSPS) is 17.7. The fourth-order valence-corrected chi connectivity index (χ4v) is 2.58. The highest BCUT2D eigenvalue weighted by molar-refractivity contribution is 5.60. The summed E-state index contributed by atoms with van der Waals surface area (Å²) in [4.78, 5) is 2.23. The van der Waals surface area contributed by atoms with Gasteiger partial charge >= 0.3 is 0 Å². The fourth-order valence-electron chi connectivity index (χ4n) is 2.58. The quantitative estimate of drug-likeness (QED) is 0.870. The van der Waals surface area contributed by atoms with Crippen molar-refractivity contribution in [2.45, 2.75) is 25.3 Å². The maximum Gasteiger partial charge on any atom is 0.125 e. The number of methoxy groups -OCH3 is 1. The van der Waals surface area contributed by atoms with Gasteiger partial charge in [-0.1, -0.05) is 6.07 Å². The summed E-state index contributed by atoms with van der Waals surface area (Å²) in [5.74, 6) is -0.188. The molecule has 1 atom stereocenters. The van der Waals surface area contributed by atoms with Crippen LogP contribution in [0.15, 0.2) is 18.2 Å². The average molecular weight is 252 g/mol. The molecule has 0 aliphatic carbocycles. The summed E-state index contributed by atoms with van der Waals surface area (Å²) in [5.41, 5.74) is 7.95. The van der Waals surface area contributed by atoms with Crippen molar-refractivity contribution in [3.8, 4) is 0 Å². The number of hydrogen-bond acceptors (Lipinski definition) is 3. The number of rotatable bonds is 5. The maximum atomic E-state index is 13.4. The third-order valence-corrected chi connectivity index (χ3v) is 3.88. The van der Waals surface area contributed by atoms with Gasteiger partial charge in [0.25, 0.3) is 0 Å². The second-order valence-corrected chi connectivity index (χ2v) is 5.12. The molecule has 1 unspecified atom stereocenters. The van der Waals surface area contributed by atoms with Crippen LogP contribution in [0.1, 0.15) is 18.9 Å². The molecule has 1 aromatic carbocycles. The second-order valence-electron chi connectivity index (χ2n) is 5.12. The minimum absolute atomic E-state index is 0.172. The molecule has 0 radical (unpaired) electrons.